The molecule has 0 fully saturated rings. The Morgan fingerprint density at radius 3 is 2.52 bits per heavy atom. The van der Waals surface area contributed by atoms with Gasteiger partial charge in [0.25, 0.3) is 5.91 Å². The monoisotopic (exact) mass is 324 g/mol. The highest BCUT2D eigenvalue weighted by molar-refractivity contribution is 7.99. The van der Waals surface area contributed by atoms with Crippen LogP contribution in [0, 0.1) is 11.3 Å². The second kappa shape index (κ2) is 9.02. The predicted molar refractivity (Wildman–Crippen MR) is 93.6 cm³/mol. The molecule has 2 rings (SSSR count). The van der Waals surface area contributed by atoms with Crippen LogP contribution in [0.4, 0.5) is 0 Å². The van der Waals surface area contributed by atoms with Gasteiger partial charge in [-0.05, 0) is 30.7 Å². The van der Waals surface area contributed by atoms with E-state index >= 15 is 0 Å². The number of hydrogen-bond acceptors (Lipinski definition) is 3. The van der Waals surface area contributed by atoms with Crippen LogP contribution in [-0.4, -0.2) is 12.5 Å². The lowest BCUT2D eigenvalue weighted by Gasteiger charge is -2.10. The van der Waals surface area contributed by atoms with Gasteiger partial charge in [0, 0.05) is 16.3 Å². The Balaban J connectivity index is 2.14. The smallest absolute Gasteiger partial charge is 0.252 e. The van der Waals surface area contributed by atoms with E-state index in [1.54, 1.807) is 6.07 Å². The summed E-state index contributed by atoms with van der Waals surface area (Å²) in [5, 5.41) is 12.2. The molecule has 0 aliphatic heterocycles. The maximum atomic E-state index is 12.4. The van der Waals surface area contributed by atoms with Gasteiger partial charge in [0.15, 0.2) is 0 Å². The second-order valence-corrected chi connectivity index (χ2v) is 6.25. The fraction of sp³-hybridized carbons (Fsp3) is 0.263. The molecule has 0 saturated heterocycles. The lowest BCUT2D eigenvalue weighted by Crippen LogP contribution is -2.24. The van der Waals surface area contributed by atoms with Gasteiger partial charge in [0.05, 0.1) is 11.1 Å². The van der Waals surface area contributed by atoms with Crippen molar-refractivity contribution in [3.05, 3.63) is 59.7 Å². The summed E-state index contributed by atoms with van der Waals surface area (Å²) >= 11 is 1.45. The van der Waals surface area contributed by atoms with E-state index in [0.717, 1.165) is 29.1 Å². The van der Waals surface area contributed by atoms with E-state index in [2.05, 4.69) is 18.3 Å². The van der Waals surface area contributed by atoms with E-state index in [0.29, 0.717) is 17.7 Å². The Morgan fingerprint density at radius 1 is 1.09 bits per heavy atom. The van der Waals surface area contributed by atoms with E-state index in [4.69, 9.17) is 0 Å². The molecule has 4 heteroatoms. The molecule has 0 aromatic heterocycles. The quantitative estimate of drug-likeness (QED) is 0.756. The number of amides is 1. The van der Waals surface area contributed by atoms with E-state index in [9.17, 15) is 10.1 Å². The topological polar surface area (TPSA) is 52.9 Å². The minimum Gasteiger partial charge on any atom is -0.352 e. The van der Waals surface area contributed by atoms with E-state index in [-0.39, 0.29) is 5.91 Å². The second-order valence-electron chi connectivity index (χ2n) is 5.17. The number of nitrogens with zero attached hydrogens (tertiary/aromatic N) is 1. The molecule has 0 aliphatic carbocycles. The Bertz CT molecular complexity index is 707. The maximum absolute atomic E-state index is 12.4. The molecule has 0 atom stereocenters. The number of benzene rings is 2. The SMILES string of the molecule is CCCCCNC(=O)c1ccccc1Sc1ccccc1C#N. The summed E-state index contributed by atoms with van der Waals surface area (Å²) in [7, 11) is 0. The van der Waals surface area contributed by atoms with Crippen LogP contribution in [-0.2, 0) is 0 Å². The molecule has 2 aromatic rings. The average molecular weight is 324 g/mol. The van der Waals surface area contributed by atoms with Crippen molar-refractivity contribution in [3.63, 3.8) is 0 Å². The van der Waals surface area contributed by atoms with Crippen molar-refractivity contribution in [3.8, 4) is 6.07 Å². The van der Waals surface area contributed by atoms with E-state index < -0.39 is 0 Å². The van der Waals surface area contributed by atoms with E-state index in [1.165, 1.54) is 11.8 Å². The Hall–Kier alpha value is -2.25. The zero-order valence-electron chi connectivity index (χ0n) is 13.2. The third-order valence-electron chi connectivity index (χ3n) is 3.42. The number of carbonyl (C=O) groups is 1. The van der Waals surface area contributed by atoms with Gasteiger partial charge in [0.2, 0.25) is 0 Å². The standard InChI is InChI=1S/C19H20N2OS/c1-2-3-8-13-21-19(22)16-10-5-7-12-18(16)23-17-11-6-4-9-15(17)14-20/h4-7,9-12H,2-3,8,13H2,1H3,(H,21,22). The van der Waals surface area contributed by atoms with Gasteiger partial charge in [-0.3, -0.25) is 4.79 Å². The zero-order valence-corrected chi connectivity index (χ0v) is 14.0. The van der Waals surface area contributed by atoms with Gasteiger partial charge >= 0.3 is 0 Å². The highest BCUT2D eigenvalue weighted by Gasteiger charge is 2.12. The number of nitrogens with one attached hydrogen (secondary N) is 1. The summed E-state index contributed by atoms with van der Waals surface area (Å²) in [6, 6.07) is 17.1. The highest BCUT2D eigenvalue weighted by atomic mass is 32.2. The molecule has 0 aliphatic rings. The first kappa shape index (κ1) is 17.1. The first-order chi connectivity index (χ1) is 11.3. The zero-order chi connectivity index (χ0) is 16.5. The van der Waals surface area contributed by atoms with Gasteiger partial charge in [-0.25, -0.2) is 0 Å². The molecular weight excluding hydrogens is 304 g/mol. The molecule has 118 valence electrons. The minimum absolute atomic E-state index is 0.0568. The van der Waals surface area contributed by atoms with Crippen LogP contribution in [0.15, 0.2) is 58.3 Å². The van der Waals surface area contributed by atoms with Crippen molar-refractivity contribution < 1.29 is 4.79 Å². The summed E-state index contributed by atoms with van der Waals surface area (Å²) in [5.74, 6) is -0.0568. The van der Waals surface area contributed by atoms with Gasteiger partial charge < -0.3 is 5.32 Å². The predicted octanol–water partition coefficient (Wildman–Crippen LogP) is 4.63. The number of hydrogen-bond donors (Lipinski definition) is 1. The largest absolute Gasteiger partial charge is 0.352 e. The Kier molecular flexibility index (Phi) is 6.71. The molecule has 0 unspecified atom stereocenters. The van der Waals surface area contributed by atoms with Crippen LogP contribution >= 0.6 is 11.8 Å². The molecule has 3 nitrogen and oxygen atoms in total. The van der Waals surface area contributed by atoms with Crippen LogP contribution in [0.3, 0.4) is 0 Å². The van der Waals surface area contributed by atoms with Crippen LogP contribution in [0.5, 0.6) is 0 Å². The summed E-state index contributed by atoms with van der Waals surface area (Å²) in [6.07, 6.45) is 3.24. The maximum Gasteiger partial charge on any atom is 0.252 e. The van der Waals surface area contributed by atoms with Crippen LogP contribution in [0.2, 0.25) is 0 Å². The molecule has 0 spiro atoms. The highest BCUT2D eigenvalue weighted by Crippen LogP contribution is 2.32. The normalized spacial score (nSPS) is 10.1. The Morgan fingerprint density at radius 2 is 1.78 bits per heavy atom. The summed E-state index contributed by atoms with van der Waals surface area (Å²) in [6.45, 7) is 2.83. The van der Waals surface area contributed by atoms with Crippen molar-refractivity contribution in [2.75, 3.05) is 6.54 Å². The third kappa shape index (κ3) is 4.87. The summed E-state index contributed by atoms with van der Waals surface area (Å²) < 4.78 is 0. The molecule has 2 aromatic carbocycles. The van der Waals surface area contributed by atoms with Crippen molar-refractivity contribution in [2.45, 2.75) is 36.0 Å². The first-order valence-electron chi connectivity index (χ1n) is 7.80. The van der Waals surface area contributed by atoms with Crippen LogP contribution in [0.25, 0.3) is 0 Å². The molecule has 0 heterocycles. The Labute approximate surface area is 141 Å². The molecule has 1 N–H and O–H groups in total. The molecule has 0 saturated carbocycles. The number of rotatable bonds is 7. The van der Waals surface area contributed by atoms with Gasteiger partial charge in [-0.1, -0.05) is 55.8 Å². The van der Waals surface area contributed by atoms with Crippen LogP contribution < -0.4 is 5.32 Å². The van der Waals surface area contributed by atoms with Gasteiger partial charge in [-0.2, -0.15) is 5.26 Å². The van der Waals surface area contributed by atoms with Crippen LogP contribution in [0.1, 0.15) is 42.1 Å². The molecule has 0 bridgehead atoms. The number of unbranched alkanes of at least 4 members (excludes halogenated alkanes) is 2. The average Bonchev–Trinajstić information content (AvgIpc) is 2.59. The van der Waals surface area contributed by atoms with Crippen molar-refractivity contribution in [1.82, 2.24) is 5.32 Å². The fourth-order valence-corrected chi connectivity index (χ4v) is 3.21. The molecular formula is C19H20N2OS. The summed E-state index contributed by atoms with van der Waals surface area (Å²) in [5.41, 5.74) is 1.28. The third-order valence-corrected chi connectivity index (χ3v) is 4.58. The number of nitriles is 1. The van der Waals surface area contributed by atoms with E-state index in [1.807, 2.05) is 42.5 Å². The first-order valence-corrected chi connectivity index (χ1v) is 8.62. The lowest BCUT2D eigenvalue weighted by molar-refractivity contribution is 0.0950. The van der Waals surface area contributed by atoms with Crippen molar-refractivity contribution in [2.24, 2.45) is 0 Å². The molecule has 1 amide bonds. The van der Waals surface area contributed by atoms with Gasteiger partial charge in [-0.15, -0.1) is 0 Å². The molecule has 0 radical (unpaired) electrons. The number of carbonyl (C=O) groups excluding carboxylic acids is 1. The minimum atomic E-state index is -0.0568. The fourth-order valence-electron chi connectivity index (χ4n) is 2.18. The lowest BCUT2D eigenvalue weighted by atomic mass is 10.2. The van der Waals surface area contributed by atoms with Crippen molar-refractivity contribution in [1.29, 1.82) is 5.26 Å². The molecule has 23 heavy (non-hydrogen) atoms. The summed E-state index contributed by atoms with van der Waals surface area (Å²) in [4.78, 5) is 14.1. The van der Waals surface area contributed by atoms with Gasteiger partial charge in [0.1, 0.15) is 6.07 Å². The van der Waals surface area contributed by atoms with Crippen molar-refractivity contribution >= 4 is 17.7 Å².